The fourth-order valence-corrected chi connectivity index (χ4v) is 4.16. The number of hydrogen-bond acceptors (Lipinski definition) is 3. The Balaban J connectivity index is 2.11. The maximum Gasteiger partial charge on any atom is 0.267 e. The number of benzene rings is 1. The Morgan fingerprint density at radius 3 is 2.52 bits per heavy atom. The Bertz CT molecular complexity index is 806. The molecule has 1 aliphatic carbocycles. The van der Waals surface area contributed by atoms with Crippen LogP contribution in [0.2, 0.25) is 0 Å². The summed E-state index contributed by atoms with van der Waals surface area (Å²) in [7, 11) is -3.67. The molecule has 0 saturated carbocycles. The van der Waals surface area contributed by atoms with Crippen molar-refractivity contribution in [2.45, 2.75) is 30.0 Å². The van der Waals surface area contributed by atoms with Crippen molar-refractivity contribution in [2.75, 3.05) is 0 Å². The average molecular weight is 324 g/mol. The fourth-order valence-electron chi connectivity index (χ4n) is 2.53. The number of aromatic nitrogens is 1. The van der Waals surface area contributed by atoms with E-state index in [-0.39, 0.29) is 10.7 Å². The molecule has 0 spiro atoms. The van der Waals surface area contributed by atoms with E-state index in [1.54, 1.807) is 24.3 Å². The van der Waals surface area contributed by atoms with E-state index in [9.17, 15) is 13.2 Å². The molecule has 2 aromatic rings. The van der Waals surface area contributed by atoms with E-state index in [2.05, 4.69) is 0 Å². The SMILES string of the molecule is Cc1ccc(S(=O)(=O)n2ccc3c2CCC(Cl)C3=O)cc1. The van der Waals surface area contributed by atoms with Crippen LogP contribution in [0.15, 0.2) is 41.4 Å². The van der Waals surface area contributed by atoms with Gasteiger partial charge in [-0.25, -0.2) is 12.4 Å². The van der Waals surface area contributed by atoms with Crippen LogP contribution in [0.4, 0.5) is 0 Å². The van der Waals surface area contributed by atoms with E-state index in [1.807, 2.05) is 6.92 Å². The van der Waals surface area contributed by atoms with Crippen molar-refractivity contribution in [3.63, 3.8) is 0 Å². The number of carbonyl (C=O) groups excluding carboxylic acids is 1. The summed E-state index contributed by atoms with van der Waals surface area (Å²) in [5.74, 6) is -0.198. The van der Waals surface area contributed by atoms with Crippen LogP contribution in [0.5, 0.6) is 0 Å². The number of Topliss-reactive ketones (excluding diaryl/α,β-unsaturated/α-hetero) is 1. The Kier molecular flexibility index (Phi) is 3.42. The van der Waals surface area contributed by atoms with Crippen molar-refractivity contribution < 1.29 is 13.2 Å². The molecule has 21 heavy (non-hydrogen) atoms. The molecule has 1 atom stereocenters. The van der Waals surface area contributed by atoms with Gasteiger partial charge in [-0.05, 0) is 38.0 Å². The minimum absolute atomic E-state index is 0.198. The molecule has 0 N–H and O–H groups in total. The van der Waals surface area contributed by atoms with Crippen molar-refractivity contribution in [3.8, 4) is 0 Å². The quantitative estimate of drug-likeness (QED) is 0.798. The van der Waals surface area contributed by atoms with Gasteiger partial charge in [0.1, 0.15) is 0 Å². The van der Waals surface area contributed by atoms with Crippen LogP contribution in [0.3, 0.4) is 0 Å². The Morgan fingerprint density at radius 1 is 1.19 bits per heavy atom. The molecule has 0 fully saturated rings. The molecule has 3 rings (SSSR count). The van der Waals surface area contributed by atoms with Crippen LogP contribution in [-0.2, 0) is 16.4 Å². The second-order valence-corrected chi connectivity index (χ2v) is 7.50. The van der Waals surface area contributed by atoms with Gasteiger partial charge in [0.15, 0.2) is 5.78 Å². The lowest BCUT2D eigenvalue weighted by Crippen LogP contribution is -2.25. The lowest BCUT2D eigenvalue weighted by molar-refractivity contribution is 0.0976. The van der Waals surface area contributed by atoms with Gasteiger partial charge in [-0.3, -0.25) is 4.79 Å². The molecule has 0 radical (unpaired) electrons. The number of halogens is 1. The van der Waals surface area contributed by atoms with E-state index in [0.29, 0.717) is 24.1 Å². The van der Waals surface area contributed by atoms with Gasteiger partial charge in [0.05, 0.1) is 10.3 Å². The zero-order valence-corrected chi connectivity index (χ0v) is 13.0. The average Bonchev–Trinajstić information content (AvgIpc) is 2.89. The molecule has 1 heterocycles. The zero-order valence-electron chi connectivity index (χ0n) is 11.4. The molecule has 1 unspecified atom stereocenters. The number of nitrogens with zero attached hydrogens (tertiary/aromatic N) is 1. The van der Waals surface area contributed by atoms with Crippen molar-refractivity contribution in [2.24, 2.45) is 0 Å². The Morgan fingerprint density at radius 2 is 1.86 bits per heavy atom. The van der Waals surface area contributed by atoms with Crippen molar-refractivity contribution >= 4 is 27.4 Å². The van der Waals surface area contributed by atoms with E-state index in [4.69, 9.17) is 11.6 Å². The highest BCUT2D eigenvalue weighted by Crippen LogP contribution is 2.28. The van der Waals surface area contributed by atoms with Crippen LogP contribution < -0.4 is 0 Å². The molecule has 6 heteroatoms. The molecule has 0 saturated heterocycles. The van der Waals surface area contributed by atoms with E-state index >= 15 is 0 Å². The molecule has 0 aliphatic heterocycles. The predicted molar refractivity (Wildman–Crippen MR) is 80.5 cm³/mol. The third-order valence-corrected chi connectivity index (χ3v) is 5.86. The van der Waals surface area contributed by atoms with Gasteiger partial charge in [0.2, 0.25) is 0 Å². The summed E-state index contributed by atoms with van der Waals surface area (Å²) in [6.07, 6.45) is 2.38. The van der Waals surface area contributed by atoms with E-state index in [1.165, 1.54) is 16.2 Å². The largest absolute Gasteiger partial charge is 0.292 e. The topological polar surface area (TPSA) is 56.1 Å². The maximum absolute atomic E-state index is 12.7. The van der Waals surface area contributed by atoms with Crippen molar-refractivity contribution in [1.29, 1.82) is 0 Å². The zero-order chi connectivity index (χ0) is 15.2. The summed E-state index contributed by atoms with van der Waals surface area (Å²) in [4.78, 5) is 12.2. The van der Waals surface area contributed by atoms with Crippen LogP contribution in [0, 0.1) is 6.92 Å². The standard InChI is InChI=1S/C15H14ClNO3S/c1-10-2-4-11(5-3-10)21(19,20)17-9-8-12-14(17)7-6-13(16)15(12)18/h2-5,8-9,13H,6-7H2,1H3. The molecular formula is C15H14ClNO3S. The normalized spacial score (nSPS) is 18.6. The van der Waals surface area contributed by atoms with Crippen LogP contribution in [-0.4, -0.2) is 23.6 Å². The number of alkyl halides is 1. The summed E-state index contributed by atoms with van der Waals surface area (Å²) in [5.41, 5.74) is 1.93. The summed E-state index contributed by atoms with van der Waals surface area (Å²) < 4.78 is 26.6. The lowest BCUT2D eigenvalue weighted by Gasteiger charge is -2.18. The van der Waals surface area contributed by atoms with Crippen LogP contribution in [0.25, 0.3) is 0 Å². The maximum atomic E-state index is 12.7. The van der Waals surface area contributed by atoms with Gasteiger partial charge in [0, 0.05) is 17.5 Å². The number of aryl methyl sites for hydroxylation is 1. The van der Waals surface area contributed by atoms with Gasteiger partial charge in [-0.15, -0.1) is 11.6 Å². The predicted octanol–water partition coefficient (Wildman–Crippen LogP) is 2.77. The third kappa shape index (κ3) is 2.30. The van der Waals surface area contributed by atoms with Gasteiger partial charge >= 0.3 is 0 Å². The molecule has 1 aromatic heterocycles. The molecule has 1 aliphatic rings. The van der Waals surface area contributed by atoms with Crippen molar-refractivity contribution in [1.82, 2.24) is 3.97 Å². The lowest BCUT2D eigenvalue weighted by atomic mass is 9.96. The highest BCUT2D eigenvalue weighted by atomic mass is 35.5. The van der Waals surface area contributed by atoms with E-state index < -0.39 is 15.4 Å². The summed E-state index contributed by atoms with van der Waals surface area (Å²) >= 11 is 5.94. The highest BCUT2D eigenvalue weighted by molar-refractivity contribution is 7.90. The number of ketones is 1. The Hall–Kier alpha value is -1.59. The minimum atomic E-state index is -3.67. The second-order valence-electron chi connectivity index (χ2n) is 5.16. The first kappa shape index (κ1) is 14.4. The second kappa shape index (κ2) is 5.00. The number of carbonyl (C=O) groups is 1. The first-order chi connectivity index (χ1) is 9.91. The highest BCUT2D eigenvalue weighted by Gasteiger charge is 2.31. The van der Waals surface area contributed by atoms with Gasteiger partial charge in [-0.2, -0.15) is 0 Å². The third-order valence-electron chi connectivity index (χ3n) is 3.72. The number of rotatable bonds is 2. The van der Waals surface area contributed by atoms with Gasteiger partial charge in [0.25, 0.3) is 10.0 Å². The summed E-state index contributed by atoms with van der Waals surface area (Å²) in [6, 6.07) is 8.20. The van der Waals surface area contributed by atoms with Crippen molar-refractivity contribution in [3.05, 3.63) is 53.3 Å². The number of fused-ring (bicyclic) bond motifs is 1. The van der Waals surface area contributed by atoms with Crippen LogP contribution >= 0.6 is 11.6 Å². The molecule has 4 nitrogen and oxygen atoms in total. The molecule has 0 amide bonds. The van der Waals surface area contributed by atoms with E-state index in [0.717, 1.165) is 5.56 Å². The fraction of sp³-hybridized carbons (Fsp3) is 0.267. The van der Waals surface area contributed by atoms with Gasteiger partial charge < -0.3 is 0 Å². The molecule has 1 aromatic carbocycles. The first-order valence-corrected chi connectivity index (χ1v) is 8.49. The first-order valence-electron chi connectivity index (χ1n) is 6.62. The number of hydrogen-bond donors (Lipinski definition) is 0. The summed E-state index contributed by atoms with van der Waals surface area (Å²) in [5, 5.41) is -0.560. The molecule has 0 bridgehead atoms. The Labute approximate surface area is 128 Å². The molecule has 110 valence electrons. The summed E-state index contributed by atoms with van der Waals surface area (Å²) in [6.45, 7) is 1.90. The van der Waals surface area contributed by atoms with Crippen LogP contribution in [0.1, 0.15) is 28.0 Å². The molecular weight excluding hydrogens is 310 g/mol. The monoisotopic (exact) mass is 323 g/mol. The smallest absolute Gasteiger partial charge is 0.267 e. The van der Waals surface area contributed by atoms with Gasteiger partial charge in [-0.1, -0.05) is 17.7 Å². The minimum Gasteiger partial charge on any atom is -0.292 e.